The van der Waals surface area contributed by atoms with E-state index in [2.05, 4.69) is 5.32 Å². The lowest BCUT2D eigenvalue weighted by Gasteiger charge is -2.20. The lowest BCUT2D eigenvalue weighted by atomic mass is 10.1. The van der Waals surface area contributed by atoms with Gasteiger partial charge in [0.2, 0.25) is 0 Å². The summed E-state index contributed by atoms with van der Waals surface area (Å²) in [5.74, 6) is -0.341. The van der Waals surface area contributed by atoms with E-state index < -0.39 is 5.60 Å². The lowest BCUT2D eigenvalue weighted by molar-refractivity contribution is 0.00250. The van der Waals surface area contributed by atoms with Crippen molar-refractivity contribution in [2.45, 2.75) is 19.1 Å². The van der Waals surface area contributed by atoms with Crippen LogP contribution in [0.2, 0.25) is 0 Å². The molecule has 0 spiro atoms. The van der Waals surface area contributed by atoms with E-state index in [0.29, 0.717) is 12.1 Å². The summed E-state index contributed by atoms with van der Waals surface area (Å²) >= 11 is 0. The smallest absolute Gasteiger partial charge is 0.161 e. The Balaban J connectivity index is 2.53. The number of benzene rings is 1. The van der Waals surface area contributed by atoms with Crippen molar-refractivity contribution in [1.82, 2.24) is 5.32 Å². The van der Waals surface area contributed by atoms with Gasteiger partial charge in [-0.15, -0.1) is 0 Å². The second kappa shape index (κ2) is 5.16. The van der Waals surface area contributed by atoms with Crippen LogP contribution in [0.5, 0.6) is 11.5 Å². The minimum absolute atomic E-state index is 0.168. The van der Waals surface area contributed by atoms with Crippen LogP contribution in [0.15, 0.2) is 18.2 Å². The van der Waals surface area contributed by atoms with Gasteiger partial charge in [-0.3, -0.25) is 0 Å². The van der Waals surface area contributed by atoms with Gasteiger partial charge in [0.25, 0.3) is 0 Å². The molecule has 0 radical (unpaired) electrons. The summed E-state index contributed by atoms with van der Waals surface area (Å²) in [6.45, 7) is 1.66. The molecule has 1 atom stereocenters. The van der Waals surface area contributed by atoms with Crippen molar-refractivity contribution in [2.24, 2.45) is 0 Å². The monoisotopic (exact) mass is 227 g/mol. The van der Waals surface area contributed by atoms with Crippen LogP contribution in [-0.4, -0.2) is 39.2 Å². The molecule has 90 valence electrons. The van der Waals surface area contributed by atoms with Crippen LogP contribution in [0.4, 0.5) is 0 Å². The van der Waals surface area contributed by atoms with E-state index >= 15 is 0 Å². The van der Waals surface area contributed by atoms with Crippen LogP contribution in [0, 0.1) is 0 Å². The maximum atomic E-state index is 9.50. The molecule has 0 bridgehead atoms. The normalized spacial score (nSPS) is 14.7. The first-order valence-corrected chi connectivity index (χ1v) is 5.00. The maximum absolute atomic E-state index is 9.50. The SMILES string of the molecule is CC(O)(CO)CNCc1cccc(O)c1O. The zero-order valence-electron chi connectivity index (χ0n) is 9.14. The number of aromatic hydroxyl groups is 2. The lowest BCUT2D eigenvalue weighted by Crippen LogP contribution is -2.40. The highest BCUT2D eigenvalue weighted by Crippen LogP contribution is 2.27. The molecule has 1 rings (SSSR count). The highest BCUT2D eigenvalue weighted by molar-refractivity contribution is 5.44. The van der Waals surface area contributed by atoms with E-state index in [1.807, 2.05) is 0 Å². The average molecular weight is 227 g/mol. The molecule has 5 nitrogen and oxygen atoms in total. The summed E-state index contributed by atoms with van der Waals surface area (Å²) in [7, 11) is 0. The predicted octanol–water partition coefficient (Wildman–Crippen LogP) is -0.0693. The summed E-state index contributed by atoms with van der Waals surface area (Å²) in [6, 6.07) is 4.68. The molecular weight excluding hydrogens is 210 g/mol. The number of phenolic OH excluding ortho intramolecular Hbond substituents is 2. The van der Waals surface area contributed by atoms with Crippen molar-refractivity contribution < 1.29 is 20.4 Å². The molecule has 0 aliphatic heterocycles. The summed E-state index contributed by atoms with van der Waals surface area (Å²) in [4.78, 5) is 0. The molecule has 0 saturated carbocycles. The molecule has 5 heteroatoms. The van der Waals surface area contributed by atoms with Crippen molar-refractivity contribution in [3.63, 3.8) is 0 Å². The zero-order valence-corrected chi connectivity index (χ0v) is 9.14. The second-order valence-electron chi connectivity index (χ2n) is 4.04. The topological polar surface area (TPSA) is 93.0 Å². The minimum atomic E-state index is -1.19. The van der Waals surface area contributed by atoms with Crippen molar-refractivity contribution in [2.75, 3.05) is 13.2 Å². The Morgan fingerprint density at radius 1 is 1.31 bits per heavy atom. The first-order chi connectivity index (χ1) is 7.46. The Kier molecular flexibility index (Phi) is 4.12. The average Bonchev–Trinajstić information content (AvgIpc) is 2.24. The van der Waals surface area contributed by atoms with Gasteiger partial charge in [0.05, 0.1) is 12.2 Å². The van der Waals surface area contributed by atoms with Gasteiger partial charge in [0, 0.05) is 18.7 Å². The standard InChI is InChI=1S/C11H17NO4/c1-11(16,7-13)6-12-5-8-3-2-4-9(14)10(8)15/h2-4,12-16H,5-7H2,1H3. The van der Waals surface area contributed by atoms with Gasteiger partial charge >= 0.3 is 0 Å². The third-order valence-corrected chi connectivity index (χ3v) is 2.26. The predicted molar refractivity (Wildman–Crippen MR) is 59.2 cm³/mol. The molecule has 0 aliphatic rings. The van der Waals surface area contributed by atoms with E-state index in [4.69, 9.17) is 5.11 Å². The van der Waals surface area contributed by atoms with E-state index in [1.165, 1.54) is 13.0 Å². The van der Waals surface area contributed by atoms with Gasteiger partial charge in [0.1, 0.15) is 0 Å². The third-order valence-electron chi connectivity index (χ3n) is 2.26. The van der Waals surface area contributed by atoms with Crippen molar-refractivity contribution >= 4 is 0 Å². The van der Waals surface area contributed by atoms with E-state index in [-0.39, 0.29) is 24.7 Å². The molecule has 0 fully saturated rings. The fraction of sp³-hybridized carbons (Fsp3) is 0.455. The molecule has 1 aromatic carbocycles. The molecule has 0 aromatic heterocycles. The fourth-order valence-electron chi connectivity index (χ4n) is 1.24. The van der Waals surface area contributed by atoms with Crippen LogP contribution in [0.1, 0.15) is 12.5 Å². The van der Waals surface area contributed by atoms with Crippen LogP contribution in [0.3, 0.4) is 0 Å². The number of hydrogen-bond donors (Lipinski definition) is 5. The maximum Gasteiger partial charge on any atom is 0.161 e. The second-order valence-corrected chi connectivity index (χ2v) is 4.04. The van der Waals surface area contributed by atoms with E-state index in [0.717, 1.165) is 0 Å². The molecular formula is C11H17NO4. The number of aliphatic hydroxyl groups excluding tert-OH is 1. The first-order valence-electron chi connectivity index (χ1n) is 5.00. The number of aliphatic hydroxyl groups is 2. The Morgan fingerprint density at radius 2 is 2.00 bits per heavy atom. The van der Waals surface area contributed by atoms with Crippen LogP contribution in [0.25, 0.3) is 0 Å². The number of nitrogens with one attached hydrogen (secondary N) is 1. The molecule has 0 amide bonds. The fourth-order valence-corrected chi connectivity index (χ4v) is 1.24. The Hall–Kier alpha value is -1.30. The quantitative estimate of drug-likeness (QED) is 0.454. The summed E-state index contributed by atoms with van der Waals surface area (Å²) in [5.41, 5.74) is -0.652. The Bertz CT molecular complexity index is 352. The number of phenols is 2. The minimum Gasteiger partial charge on any atom is -0.504 e. The van der Waals surface area contributed by atoms with Crippen LogP contribution in [-0.2, 0) is 6.54 Å². The van der Waals surface area contributed by atoms with Gasteiger partial charge < -0.3 is 25.7 Å². The summed E-state index contributed by atoms with van der Waals surface area (Å²) in [5, 5.41) is 39.9. The first kappa shape index (κ1) is 12.8. The molecule has 0 heterocycles. The molecule has 0 aliphatic carbocycles. The molecule has 16 heavy (non-hydrogen) atoms. The third kappa shape index (κ3) is 3.37. The van der Waals surface area contributed by atoms with Crippen LogP contribution < -0.4 is 5.32 Å². The Labute approximate surface area is 94.0 Å². The Morgan fingerprint density at radius 3 is 2.62 bits per heavy atom. The molecule has 5 N–H and O–H groups in total. The van der Waals surface area contributed by atoms with Crippen LogP contribution >= 0.6 is 0 Å². The van der Waals surface area contributed by atoms with Gasteiger partial charge in [-0.25, -0.2) is 0 Å². The van der Waals surface area contributed by atoms with Gasteiger partial charge in [-0.2, -0.15) is 0 Å². The number of rotatable bonds is 5. The van der Waals surface area contributed by atoms with Crippen molar-refractivity contribution in [1.29, 1.82) is 0 Å². The molecule has 0 saturated heterocycles. The van der Waals surface area contributed by atoms with Crippen molar-refractivity contribution in [3.8, 4) is 11.5 Å². The van der Waals surface area contributed by atoms with Gasteiger partial charge in [-0.05, 0) is 13.0 Å². The van der Waals surface area contributed by atoms with Gasteiger partial charge in [0.15, 0.2) is 11.5 Å². The zero-order chi connectivity index (χ0) is 12.2. The highest BCUT2D eigenvalue weighted by Gasteiger charge is 2.18. The number of para-hydroxylation sites is 1. The highest BCUT2D eigenvalue weighted by atomic mass is 16.3. The van der Waals surface area contributed by atoms with E-state index in [1.54, 1.807) is 12.1 Å². The van der Waals surface area contributed by atoms with Crippen molar-refractivity contribution in [3.05, 3.63) is 23.8 Å². The van der Waals surface area contributed by atoms with E-state index in [9.17, 15) is 15.3 Å². The largest absolute Gasteiger partial charge is 0.504 e. The van der Waals surface area contributed by atoms with Gasteiger partial charge in [-0.1, -0.05) is 12.1 Å². The molecule has 1 aromatic rings. The summed E-state index contributed by atoms with van der Waals surface area (Å²) in [6.07, 6.45) is 0. The summed E-state index contributed by atoms with van der Waals surface area (Å²) < 4.78 is 0. The molecule has 1 unspecified atom stereocenters. The number of hydrogen-bond acceptors (Lipinski definition) is 5.